The van der Waals surface area contributed by atoms with Crippen molar-refractivity contribution >= 4 is 75.1 Å². The Morgan fingerprint density at radius 3 is 2.61 bits per heavy atom. The van der Waals surface area contributed by atoms with Gasteiger partial charge < -0.3 is 25.4 Å². The van der Waals surface area contributed by atoms with Crippen LogP contribution in [0.5, 0.6) is 0 Å². The minimum absolute atomic E-state index is 0.00697. The number of nitrogens with zero attached hydrogens (tertiary/aromatic N) is 4. The number of rotatable bonds is 9. The first-order valence-corrected chi connectivity index (χ1v) is 15.0. The second kappa shape index (κ2) is 12.4. The minimum atomic E-state index is -0.957. The Kier molecular flexibility index (Phi) is 9.14. The third-order valence-electron chi connectivity index (χ3n) is 5.85. The molecule has 0 aliphatic carbocycles. The summed E-state index contributed by atoms with van der Waals surface area (Å²) in [7, 11) is 1.28. The van der Waals surface area contributed by atoms with Crippen molar-refractivity contribution in [3.8, 4) is 0 Å². The van der Waals surface area contributed by atoms with Crippen LogP contribution in [0.3, 0.4) is 0 Å². The van der Waals surface area contributed by atoms with Gasteiger partial charge in [-0.1, -0.05) is 11.2 Å². The fraction of sp³-hybridized carbons (Fsp3) is 0.400. The molecule has 2 aromatic heterocycles. The van der Waals surface area contributed by atoms with Crippen LogP contribution in [0.15, 0.2) is 33.4 Å². The molecule has 1 fully saturated rings. The smallest absolute Gasteiger partial charge is 0.358 e. The molecule has 4 rings (SSSR count). The zero-order chi connectivity index (χ0) is 29.9. The van der Waals surface area contributed by atoms with Crippen LogP contribution in [0.4, 0.5) is 5.13 Å². The van der Waals surface area contributed by atoms with Crippen molar-refractivity contribution < 1.29 is 33.5 Å². The van der Waals surface area contributed by atoms with E-state index in [0.29, 0.717) is 11.3 Å². The molecule has 4 heterocycles. The van der Waals surface area contributed by atoms with Gasteiger partial charge in [-0.2, -0.15) is 0 Å². The van der Waals surface area contributed by atoms with E-state index in [4.69, 9.17) is 20.0 Å². The highest BCUT2D eigenvalue weighted by molar-refractivity contribution is 8.00. The monoisotopic (exact) mass is 620 g/mol. The van der Waals surface area contributed by atoms with Gasteiger partial charge in [-0.05, 0) is 39.3 Å². The van der Waals surface area contributed by atoms with Gasteiger partial charge in [0.1, 0.15) is 29.9 Å². The van der Waals surface area contributed by atoms with E-state index in [9.17, 15) is 19.2 Å². The predicted molar refractivity (Wildman–Crippen MR) is 155 cm³/mol. The quantitative estimate of drug-likeness (QED) is 0.138. The molecule has 218 valence electrons. The number of allylic oxidation sites excluding steroid dienone is 1. The Morgan fingerprint density at radius 1 is 1.24 bits per heavy atom. The Bertz CT molecular complexity index is 1460. The molecule has 16 heteroatoms. The maximum Gasteiger partial charge on any atom is 0.358 e. The van der Waals surface area contributed by atoms with Crippen LogP contribution in [0.25, 0.3) is 6.08 Å². The first-order chi connectivity index (χ1) is 19.4. The lowest BCUT2D eigenvalue weighted by atomic mass is 9.98. The number of hydrogen-bond acceptors (Lipinski definition) is 14. The maximum absolute atomic E-state index is 13.3. The van der Waals surface area contributed by atoms with Gasteiger partial charge in [0.05, 0.1) is 16.6 Å². The largest absolute Gasteiger partial charge is 0.427 e. The molecular formula is C25H28N6O7S3. The van der Waals surface area contributed by atoms with Gasteiger partial charge in [-0.25, -0.2) is 14.8 Å². The van der Waals surface area contributed by atoms with Crippen molar-refractivity contribution in [1.29, 1.82) is 0 Å². The average molecular weight is 621 g/mol. The maximum atomic E-state index is 13.3. The van der Waals surface area contributed by atoms with Gasteiger partial charge in [-0.15, -0.1) is 34.4 Å². The minimum Gasteiger partial charge on any atom is -0.427 e. The number of carbonyl (C=O) groups is 4. The molecule has 0 saturated carbocycles. The molecule has 0 aromatic carbocycles. The van der Waals surface area contributed by atoms with Crippen molar-refractivity contribution in [2.75, 3.05) is 25.4 Å². The second-order valence-corrected chi connectivity index (χ2v) is 12.7. The number of β-lactam (4-membered cyclic amide) rings is 1. The molecule has 0 radical (unpaired) electrons. The molecule has 2 unspecified atom stereocenters. The summed E-state index contributed by atoms with van der Waals surface area (Å²) in [6.07, 6.45) is 3.55. The van der Waals surface area contributed by atoms with Gasteiger partial charge in [0.25, 0.3) is 11.8 Å². The van der Waals surface area contributed by atoms with Crippen molar-refractivity contribution in [2.24, 2.45) is 10.6 Å². The van der Waals surface area contributed by atoms with Crippen molar-refractivity contribution in [3.63, 3.8) is 0 Å². The van der Waals surface area contributed by atoms with E-state index in [1.807, 2.05) is 13.0 Å². The number of aromatic nitrogens is 2. The Balaban J connectivity index is 1.55. The van der Waals surface area contributed by atoms with Crippen molar-refractivity contribution in [2.45, 2.75) is 39.1 Å². The number of thioether (sulfide) groups is 1. The molecule has 0 spiro atoms. The molecule has 1 saturated heterocycles. The molecular weight excluding hydrogens is 593 g/mol. The highest BCUT2D eigenvalue weighted by Crippen LogP contribution is 2.41. The number of hydrogen-bond donors (Lipinski definition) is 2. The van der Waals surface area contributed by atoms with Crippen LogP contribution in [-0.2, 0) is 33.5 Å². The number of nitrogens with one attached hydrogen (secondary N) is 1. The van der Waals surface area contributed by atoms with E-state index >= 15 is 0 Å². The van der Waals surface area contributed by atoms with E-state index in [0.717, 1.165) is 21.9 Å². The number of anilines is 1. The first kappa shape index (κ1) is 30.2. The highest BCUT2D eigenvalue weighted by Gasteiger charge is 2.54. The van der Waals surface area contributed by atoms with Crippen LogP contribution in [-0.4, -0.2) is 75.4 Å². The zero-order valence-corrected chi connectivity index (χ0v) is 25.3. The fourth-order valence-corrected chi connectivity index (χ4v) is 6.29. The number of nitrogen functional groups attached to an aromatic ring is 1. The second-order valence-electron chi connectivity index (χ2n) is 9.80. The number of amides is 2. The SMILES string of the molecule is CO/N=C(/C(=O)NC1C(=O)N2C(C(=O)OCOC(=O)C(C)(C)C)=C(/C=C\c3scnc3C)CSC12)c1csc(N)n1. The highest BCUT2D eigenvalue weighted by atomic mass is 32.2. The van der Waals surface area contributed by atoms with Crippen LogP contribution in [0.1, 0.15) is 37.0 Å². The van der Waals surface area contributed by atoms with E-state index < -0.39 is 47.4 Å². The topological polar surface area (TPSA) is 175 Å². The Labute approximate surface area is 247 Å². The van der Waals surface area contributed by atoms with Gasteiger partial charge in [0, 0.05) is 16.0 Å². The summed E-state index contributed by atoms with van der Waals surface area (Å²) < 4.78 is 10.3. The van der Waals surface area contributed by atoms with Gasteiger partial charge in [0.15, 0.2) is 10.8 Å². The lowest BCUT2D eigenvalue weighted by Crippen LogP contribution is -2.71. The third kappa shape index (κ3) is 6.60. The number of thiazole rings is 2. The van der Waals surface area contributed by atoms with Crippen LogP contribution >= 0.6 is 34.4 Å². The van der Waals surface area contributed by atoms with Gasteiger partial charge in [-0.3, -0.25) is 19.3 Å². The van der Waals surface area contributed by atoms with Crippen molar-refractivity contribution in [3.05, 3.63) is 44.5 Å². The summed E-state index contributed by atoms with van der Waals surface area (Å²) in [5.74, 6) is -2.26. The lowest BCUT2D eigenvalue weighted by Gasteiger charge is -2.49. The number of ether oxygens (including phenoxy) is 2. The number of nitrogens with two attached hydrogens (primary N) is 1. The molecule has 2 aliphatic rings. The molecule has 41 heavy (non-hydrogen) atoms. The average Bonchev–Trinajstić information content (AvgIpc) is 3.54. The Morgan fingerprint density at radius 2 is 2.00 bits per heavy atom. The normalized spacial score (nSPS) is 19.1. The van der Waals surface area contributed by atoms with E-state index in [1.54, 1.807) is 37.7 Å². The summed E-state index contributed by atoms with van der Waals surface area (Å²) in [5, 5.41) is 7.59. The molecule has 2 aromatic rings. The lowest BCUT2D eigenvalue weighted by molar-refractivity contribution is -0.173. The zero-order valence-electron chi connectivity index (χ0n) is 22.8. The van der Waals surface area contributed by atoms with E-state index in [-0.39, 0.29) is 22.2 Å². The first-order valence-electron chi connectivity index (χ1n) is 12.2. The molecule has 3 N–H and O–H groups in total. The summed E-state index contributed by atoms with van der Waals surface area (Å²) in [6, 6.07) is -0.957. The standard InChI is InChI=1S/C25H28N6O7S3/c1-12-15(41-10-27-12)7-6-13-8-39-21-17(29-19(32)16(30-36-5)14-9-40-24(26)28-14)20(33)31(21)18(13)22(34)37-11-38-23(35)25(2,3)4/h6-7,9-10,17,21H,8,11H2,1-5H3,(H2,26,28)(H,29,32)/b7-6-,30-16+. The van der Waals surface area contributed by atoms with E-state index in [1.165, 1.54) is 35.1 Å². The predicted octanol–water partition coefficient (Wildman–Crippen LogP) is 2.30. The summed E-state index contributed by atoms with van der Waals surface area (Å²) in [5.41, 5.74) is 8.03. The van der Waals surface area contributed by atoms with Gasteiger partial charge in [0.2, 0.25) is 6.79 Å². The number of esters is 2. The van der Waals surface area contributed by atoms with Crippen LogP contribution in [0.2, 0.25) is 0 Å². The molecule has 2 atom stereocenters. The summed E-state index contributed by atoms with van der Waals surface area (Å²) >= 11 is 3.92. The van der Waals surface area contributed by atoms with E-state index in [2.05, 4.69) is 20.4 Å². The number of aryl methyl sites for hydroxylation is 1. The van der Waals surface area contributed by atoms with Crippen LogP contribution < -0.4 is 11.1 Å². The summed E-state index contributed by atoms with van der Waals surface area (Å²) in [6.45, 7) is 6.27. The third-order valence-corrected chi connectivity index (χ3v) is 8.72. The summed E-state index contributed by atoms with van der Waals surface area (Å²) in [4.78, 5) is 67.0. The molecule has 2 aliphatic heterocycles. The number of fused-ring (bicyclic) bond motifs is 1. The fourth-order valence-electron chi connectivity index (χ4n) is 3.73. The molecule has 13 nitrogen and oxygen atoms in total. The number of carbonyl (C=O) groups excluding carboxylic acids is 4. The number of oxime groups is 1. The van der Waals surface area contributed by atoms with Crippen molar-refractivity contribution in [1.82, 2.24) is 20.2 Å². The molecule has 2 amide bonds. The van der Waals surface area contributed by atoms with Crippen LogP contribution in [0, 0.1) is 12.3 Å². The Hall–Kier alpha value is -3.76. The molecule has 0 bridgehead atoms. The van der Waals surface area contributed by atoms with Gasteiger partial charge >= 0.3 is 11.9 Å².